The van der Waals surface area contributed by atoms with Crippen LogP contribution in [-0.2, 0) is 0 Å². The van der Waals surface area contributed by atoms with Crippen LogP contribution in [-0.4, -0.2) is 37.7 Å². The number of hydrogen-bond donors (Lipinski definition) is 1. The van der Waals surface area contributed by atoms with Crippen molar-refractivity contribution in [2.45, 2.75) is 26.3 Å². The average molecular weight is 403 g/mol. The number of benzene rings is 2. The second-order valence-electron chi connectivity index (χ2n) is 6.57. The van der Waals surface area contributed by atoms with E-state index in [0.717, 1.165) is 36.4 Å². The summed E-state index contributed by atoms with van der Waals surface area (Å²) in [5.74, 6) is 0.980. The summed E-state index contributed by atoms with van der Waals surface area (Å²) < 4.78 is 7.07. The van der Waals surface area contributed by atoms with Crippen molar-refractivity contribution >= 4 is 15.9 Å². The van der Waals surface area contributed by atoms with Gasteiger partial charge in [-0.1, -0.05) is 45.8 Å². The Hall–Kier alpha value is -1.36. The van der Waals surface area contributed by atoms with E-state index in [1.807, 2.05) is 6.92 Å². The van der Waals surface area contributed by atoms with Gasteiger partial charge in [0.25, 0.3) is 0 Å². The lowest BCUT2D eigenvalue weighted by molar-refractivity contribution is 0.233. The fourth-order valence-electron chi connectivity index (χ4n) is 3.48. The lowest BCUT2D eigenvalue weighted by Gasteiger charge is -2.32. The van der Waals surface area contributed by atoms with E-state index in [1.54, 1.807) is 0 Å². The highest BCUT2D eigenvalue weighted by Crippen LogP contribution is 2.37. The van der Waals surface area contributed by atoms with Crippen molar-refractivity contribution < 1.29 is 4.74 Å². The molecule has 0 amide bonds. The lowest BCUT2D eigenvalue weighted by Crippen LogP contribution is -2.33. The zero-order chi connectivity index (χ0) is 17.6. The van der Waals surface area contributed by atoms with Gasteiger partial charge in [-0.25, -0.2) is 0 Å². The van der Waals surface area contributed by atoms with Crippen molar-refractivity contribution in [3.63, 3.8) is 0 Å². The summed E-state index contributed by atoms with van der Waals surface area (Å²) in [6, 6.07) is 15.5. The van der Waals surface area contributed by atoms with Gasteiger partial charge in [-0.05, 0) is 50.6 Å². The van der Waals surface area contributed by atoms with Crippen molar-refractivity contribution in [3.8, 4) is 5.75 Å². The molecule has 0 radical (unpaired) electrons. The highest BCUT2D eigenvalue weighted by Gasteiger charge is 2.26. The largest absolute Gasteiger partial charge is 0.494 e. The summed E-state index contributed by atoms with van der Waals surface area (Å²) in [6.45, 7) is 9.10. The molecular weight excluding hydrogens is 376 g/mol. The van der Waals surface area contributed by atoms with Gasteiger partial charge >= 0.3 is 0 Å². The molecule has 1 N–H and O–H groups in total. The lowest BCUT2D eigenvalue weighted by atomic mass is 9.95. The van der Waals surface area contributed by atoms with Gasteiger partial charge in [0.05, 0.1) is 12.6 Å². The van der Waals surface area contributed by atoms with Crippen LogP contribution in [0, 0.1) is 6.92 Å². The second kappa shape index (κ2) is 8.84. The van der Waals surface area contributed by atoms with Crippen LogP contribution < -0.4 is 10.1 Å². The van der Waals surface area contributed by atoms with Crippen molar-refractivity contribution in [2.24, 2.45) is 0 Å². The number of aryl methyl sites for hydroxylation is 1. The van der Waals surface area contributed by atoms with Crippen molar-refractivity contribution in [2.75, 3.05) is 32.8 Å². The Labute approximate surface area is 159 Å². The predicted octanol–water partition coefficient (Wildman–Crippen LogP) is 4.54. The zero-order valence-electron chi connectivity index (χ0n) is 15.1. The van der Waals surface area contributed by atoms with Crippen molar-refractivity contribution in [3.05, 3.63) is 63.6 Å². The molecule has 0 saturated carbocycles. The maximum atomic E-state index is 5.98. The fourth-order valence-corrected chi connectivity index (χ4v) is 3.86. The van der Waals surface area contributed by atoms with Gasteiger partial charge < -0.3 is 10.1 Å². The minimum Gasteiger partial charge on any atom is -0.494 e. The molecule has 134 valence electrons. The topological polar surface area (TPSA) is 24.5 Å². The molecule has 2 aromatic carbocycles. The highest BCUT2D eigenvalue weighted by molar-refractivity contribution is 9.10. The van der Waals surface area contributed by atoms with E-state index in [4.69, 9.17) is 4.74 Å². The van der Waals surface area contributed by atoms with Crippen LogP contribution >= 0.6 is 15.9 Å². The molecular formula is C21H27BrN2O. The van der Waals surface area contributed by atoms with Crippen molar-refractivity contribution in [1.82, 2.24) is 10.2 Å². The minimum atomic E-state index is 0.208. The summed E-state index contributed by atoms with van der Waals surface area (Å²) in [5.41, 5.74) is 3.85. The van der Waals surface area contributed by atoms with Crippen molar-refractivity contribution in [1.29, 1.82) is 0 Å². The SMILES string of the molecule is CCOc1ccc(Br)cc1C(c1ccc(C)cc1)N1CCCNCC1. The summed E-state index contributed by atoms with van der Waals surface area (Å²) in [5, 5.41) is 3.51. The molecule has 0 bridgehead atoms. The van der Waals surface area contributed by atoms with Crippen LogP contribution in [0.15, 0.2) is 46.9 Å². The molecule has 0 aliphatic carbocycles. The van der Waals surface area contributed by atoms with Crippen LogP contribution in [0.4, 0.5) is 0 Å². The Bertz CT molecular complexity index is 679. The van der Waals surface area contributed by atoms with Crippen LogP contribution in [0.25, 0.3) is 0 Å². The second-order valence-corrected chi connectivity index (χ2v) is 7.48. The molecule has 1 fully saturated rings. The molecule has 1 aliphatic rings. The third kappa shape index (κ3) is 4.63. The van der Waals surface area contributed by atoms with E-state index in [9.17, 15) is 0 Å². The monoisotopic (exact) mass is 402 g/mol. The Morgan fingerprint density at radius 1 is 1.12 bits per heavy atom. The minimum absolute atomic E-state index is 0.208. The molecule has 3 rings (SSSR count). The molecule has 2 aromatic rings. The maximum Gasteiger partial charge on any atom is 0.124 e. The molecule has 25 heavy (non-hydrogen) atoms. The van der Waals surface area contributed by atoms with Gasteiger partial charge in [-0.15, -0.1) is 0 Å². The standard InChI is InChI=1S/C21H27BrN2O/c1-3-25-20-10-9-18(22)15-19(20)21(17-7-5-16(2)6-8-17)24-13-4-11-23-12-14-24/h5-10,15,21,23H,3-4,11-14H2,1-2H3. The Kier molecular flexibility index (Phi) is 6.51. The first kappa shape index (κ1) is 18.4. The molecule has 0 aromatic heterocycles. The van der Waals surface area contributed by atoms with Crippen LogP contribution in [0.5, 0.6) is 5.75 Å². The van der Waals surface area contributed by atoms with Gasteiger partial charge in [0.15, 0.2) is 0 Å². The number of nitrogens with one attached hydrogen (secondary N) is 1. The Morgan fingerprint density at radius 3 is 2.68 bits per heavy atom. The zero-order valence-corrected chi connectivity index (χ0v) is 16.7. The van der Waals surface area contributed by atoms with Crippen LogP contribution in [0.3, 0.4) is 0 Å². The smallest absolute Gasteiger partial charge is 0.124 e. The van der Waals surface area contributed by atoms with Gasteiger partial charge in [0, 0.05) is 29.7 Å². The summed E-state index contributed by atoms with van der Waals surface area (Å²) in [4.78, 5) is 2.58. The van der Waals surface area contributed by atoms with Crippen LogP contribution in [0.1, 0.15) is 36.1 Å². The molecule has 1 heterocycles. The number of ether oxygens (including phenoxy) is 1. The summed E-state index contributed by atoms with van der Waals surface area (Å²) in [7, 11) is 0. The summed E-state index contributed by atoms with van der Waals surface area (Å²) >= 11 is 3.65. The Balaban J connectivity index is 2.06. The normalized spacial score (nSPS) is 17.1. The molecule has 1 unspecified atom stereocenters. The number of nitrogens with zero attached hydrogens (tertiary/aromatic N) is 1. The van der Waals surface area contributed by atoms with E-state index in [2.05, 4.69) is 75.5 Å². The van der Waals surface area contributed by atoms with E-state index in [-0.39, 0.29) is 6.04 Å². The average Bonchev–Trinajstić information content (AvgIpc) is 2.89. The first-order valence-electron chi connectivity index (χ1n) is 9.12. The predicted molar refractivity (Wildman–Crippen MR) is 107 cm³/mol. The van der Waals surface area contributed by atoms with E-state index < -0.39 is 0 Å². The van der Waals surface area contributed by atoms with E-state index in [1.165, 1.54) is 23.1 Å². The number of rotatable bonds is 5. The highest BCUT2D eigenvalue weighted by atomic mass is 79.9. The first-order chi connectivity index (χ1) is 12.2. The van der Waals surface area contributed by atoms with Gasteiger partial charge in [-0.3, -0.25) is 4.90 Å². The molecule has 3 nitrogen and oxygen atoms in total. The molecule has 1 aliphatic heterocycles. The molecule has 1 atom stereocenters. The van der Waals surface area contributed by atoms with Gasteiger partial charge in [0.1, 0.15) is 5.75 Å². The van der Waals surface area contributed by atoms with E-state index >= 15 is 0 Å². The quantitative estimate of drug-likeness (QED) is 0.793. The number of halogens is 1. The molecule has 4 heteroatoms. The summed E-state index contributed by atoms with van der Waals surface area (Å²) in [6.07, 6.45) is 1.17. The van der Waals surface area contributed by atoms with E-state index in [0.29, 0.717) is 6.61 Å². The third-order valence-electron chi connectivity index (χ3n) is 4.70. The number of hydrogen-bond acceptors (Lipinski definition) is 3. The fraction of sp³-hybridized carbons (Fsp3) is 0.429. The van der Waals surface area contributed by atoms with Gasteiger partial charge in [0.2, 0.25) is 0 Å². The Morgan fingerprint density at radius 2 is 1.92 bits per heavy atom. The first-order valence-corrected chi connectivity index (χ1v) is 9.92. The maximum absolute atomic E-state index is 5.98. The van der Waals surface area contributed by atoms with Gasteiger partial charge in [-0.2, -0.15) is 0 Å². The molecule has 0 spiro atoms. The third-order valence-corrected chi connectivity index (χ3v) is 5.19. The van der Waals surface area contributed by atoms with Crippen LogP contribution in [0.2, 0.25) is 0 Å². The molecule has 1 saturated heterocycles.